The van der Waals surface area contributed by atoms with Crippen LogP contribution in [0.25, 0.3) is 0 Å². The molecule has 0 amide bonds. The van der Waals surface area contributed by atoms with Crippen LogP contribution < -0.4 is 15.8 Å². The van der Waals surface area contributed by atoms with Crippen LogP contribution in [0.2, 0.25) is 0 Å². The third-order valence-electron chi connectivity index (χ3n) is 2.78. The molecule has 17 heavy (non-hydrogen) atoms. The largest absolute Gasteiger partial charge is 0.342 e. The Morgan fingerprint density at radius 3 is 2.53 bits per heavy atom. The second kappa shape index (κ2) is 4.63. The first kappa shape index (κ1) is 12.3. The highest BCUT2D eigenvalue weighted by molar-refractivity contribution is 7.80. The summed E-state index contributed by atoms with van der Waals surface area (Å²) >= 11 is 5.38. The Morgan fingerprint density at radius 1 is 1.29 bits per heavy atom. The van der Waals surface area contributed by atoms with Crippen LogP contribution in [0.15, 0.2) is 30.3 Å². The van der Waals surface area contributed by atoms with Gasteiger partial charge < -0.3 is 5.32 Å². The molecule has 0 spiro atoms. The molecule has 0 bridgehead atoms. The van der Waals surface area contributed by atoms with Crippen LogP contribution >= 0.6 is 12.2 Å². The van der Waals surface area contributed by atoms with Crippen molar-refractivity contribution in [1.29, 1.82) is 0 Å². The van der Waals surface area contributed by atoms with Crippen molar-refractivity contribution < 1.29 is 0 Å². The first-order valence-corrected chi connectivity index (χ1v) is 6.36. The van der Waals surface area contributed by atoms with E-state index in [1.54, 1.807) is 0 Å². The number of nitrogens with zero attached hydrogens (tertiary/aromatic N) is 1. The fraction of sp³-hybridized carbons (Fsp3) is 0.462. The fourth-order valence-corrected chi connectivity index (χ4v) is 2.67. The van der Waals surface area contributed by atoms with Crippen molar-refractivity contribution in [2.75, 3.05) is 5.01 Å². The molecule has 0 saturated carbocycles. The van der Waals surface area contributed by atoms with Gasteiger partial charge in [-0.25, -0.2) is 5.43 Å². The predicted molar refractivity (Wildman–Crippen MR) is 75.7 cm³/mol. The molecule has 1 aliphatic heterocycles. The summed E-state index contributed by atoms with van der Waals surface area (Å²) in [6.07, 6.45) is 1.02. The van der Waals surface area contributed by atoms with Gasteiger partial charge in [-0.05, 0) is 43.6 Å². The third kappa shape index (κ3) is 2.76. The molecular formula is C13H19N3S. The molecule has 1 aromatic rings. The van der Waals surface area contributed by atoms with E-state index in [1.807, 2.05) is 35.3 Å². The Balaban J connectivity index is 2.15. The summed E-state index contributed by atoms with van der Waals surface area (Å²) in [6.45, 7) is 6.56. The summed E-state index contributed by atoms with van der Waals surface area (Å²) < 4.78 is 0. The molecule has 0 aromatic heterocycles. The number of thiocarbonyl (C=S) groups is 1. The standard InChI is InChI=1S/C13H19N3S/c1-10(2)9-13(3)14-12(17)16(15-13)11-7-5-4-6-8-11/h4-8,10,15H,9H2,1-3H3,(H,14,17)/t13-/m0/s1. The third-order valence-corrected chi connectivity index (χ3v) is 3.06. The van der Waals surface area contributed by atoms with E-state index in [1.165, 1.54) is 0 Å². The van der Waals surface area contributed by atoms with Gasteiger partial charge in [0.05, 0.1) is 5.69 Å². The first-order chi connectivity index (χ1) is 8.00. The number of hydrogen-bond acceptors (Lipinski definition) is 2. The Hall–Kier alpha value is -1.13. The smallest absolute Gasteiger partial charge is 0.189 e. The minimum atomic E-state index is -0.152. The Labute approximate surface area is 108 Å². The van der Waals surface area contributed by atoms with E-state index in [-0.39, 0.29) is 5.66 Å². The number of hydrogen-bond donors (Lipinski definition) is 2. The molecule has 1 saturated heterocycles. The van der Waals surface area contributed by atoms with Gasteiger partial charge in [-0.2, -0.15) is 0 Å². The highest BCUT2D eigenvalue weighted by atomic mass is 32.1. The summed E-state index contributed by atoms with van der Waals surface area (Å²) in [6, 6.07) is 10.1. The van der Waals surface area contributed by atoms with Gasteiger partial charge in [0.25, 0.3) is 0 Å². The molecule has 0 aliphatic carbocycles. The van der Waals surface area contributed by atoms with E-state index in [9.17, 15) is 0 Å². The van der Waals surface area contributed by atoms with Crippen LogP contribution in [0.4, 0.5) is 5.69 Å². The van der Waals surface area contributed by atoms with Crippen molar-refractivity contribution in [3.63, 3.8) is 0 Å². The summed E-state index contributed by atoms with van der Waals surface area (Å²) in [4.78, 5) is 0. The lowest BCUT2D eigenvalue weighted by atomic mass is 10.0. The number of hydrazine groups is 1. The average molecular weight is 249 g/mol. The SMILES string of the molecule is CC(C)C[C@@]1(C)NC(=S)N(c2ccccc2)N1. The predicted octanol–water partition coefficient (Wildman–Crippen LogP) is 2.65. The lowest BCUT2D eigenvalue weighted by Crippen LogP contribution is -2.49. The van der Waals surface area contributed by atoms with Crippen LogP contribution in [-0.2, 0) is 0 Å². The fourth-order valence-electron chi connectivity index (χ4n) is 2.29. The zero-order chi connectivity index (χ0) is 12.5. The summed E-state index contributed by atoms with van der Waals surface area (Å²) in [5.74, 6) is 0.610. The zero-order valence-electron chi connectivity index (χ0n) is 10.5. The van der Waals surface area contributed by atoms with Gasteiger partial charge in [-0.3, -0.25) is 5.01 Å². The van der Waals surface area contributed by atoms with E-state index in [0.717, 1.165) is 17.2 Å². The second-order valence-electron chi connectivity index (χ2n) is 5.14. The Kier molecular flexibility index (Phi) is 3.35. The molecule has 1 fully saturated rings. The molecule has 1 aromatic carbocycles. The van der Waals surface area contributed by atoms with E-state index in [2.05, 4.69) is 31.5 Å². The van der Waals surface area contributed by atoms with Crippen molar-refractivity contribution in [2.24, 2.45) is 5.92 Å². The summed E-state index contributed by atoms with van der Waals surface area (Å²) in [5, 5.41) is 6.03. The molecule has 4 heteroatoms. The zero-order valence-corrected chi connectivity index (χ0v) is 11.3. The van der Waals surface area contributed by atoms with E-state index in [4.69, 9.17) is 12.2 Å². The van der Waals surface area contributed by atoms with Crippen molar-refractivity contribution in [1.82, 2.24) is 10.7 Å². The average Bonchev–Trinajstić information content (AvgIpc) is 2.54. The Morgan fingerprint density at radius 2 is 1.94 bits per heavy atom. The van der Waals surface area contributed by atoms with Crippen molar-refractivity contribution in [3.05, 3.63) is 30.3 Å². The van der Waals surface area contributed by atoms with Gasteiger partial charge in [0.15, 0.2) is 5.11 Å². The van der Waals surface area contributed by atoms with Gasteiger partial charge in [0.2, 0.25) is 0 Å². The molecule has 2 N–H and O–H groups in total. The summed E-state index contributed by atoms with van der Waals surface area (Å²) in [7, 11) is 0. The molecule has 1 aliphatic rings. The highest BCUT2D eigenvalue weighted by Gasteiger charge is 2.36. The maximum Gasteiger partial charge on any atom is 0.189 e. The van der Waals surface area contributed by atoms with Crippen LogP contribution in [0.3, 0.4) is 0 Å². The van der Waals surface area contributed by atoms with Crippen LogP contribution in [-0.4, -0.2) is 10.8 Å². The number of para-hydroxylation sites is 1. The number of benzene rings is 1. The van der Waals surface area contributed by atoms with E-state index < -0.39 is 0 Å². The van der Waals surface area contributed by atoms with Crippen LogP contribution in [0.1, 0.15) is 27.2 Å². The van der Waals surface area contributed by atoms with Crippen molar-refractivity contribution >= 4 is 23.0 Å². The van der Waals surface area contributed by atoms with Gasteiger partial charge in [0, 0.05) is 0 Å². The van der Waals surface area contributed by atoms with Crippen LogP contribution in [0.5, 0.6) is 0 Å². The lowest BCUT2D eigenvalue weighted by Gasteiger charge is -2.27. The van der Waals surface area contributed by atoms with Crippen molar-refractivity contribution in [3.8, 4) is 0 Å². The minimum absolute atomic E-state index is 0.152. The molecular weight excluding hydrogens is 230 g/mol. The van der Waals surface area contributed by atoms with Gasteiger partial charge >= 0.3 is 0 Å². The first-order valence-electron chi connectivity index (χ1n) is 5.95. The molecule has 2 rings (SSSR count). The quantitative estimate of drug-likeness (QED) is 0.805. The summed E-state index contributed by atoms with van der Waals surface area (Å²) in [5.41, 5.74) is 4.36. The molecule has 0 unspecified atom stereocenters. The van der Waals surface area contributed by atoms with Crippen LogP contribution in [0, 0.1) is 5.92 Å². The highest BCUT2D eigenvalue weighted by Crippen LogP contribution is 2.23. The number of nitrogens with one attached hydrogen (secondary N) is 2. The molecule has 92 valence electrons. The van der Waals surface area contributed by atoms with E-state index in [0.29, 0.717) is 5.92 Å². The molecule has 3 nitrogen and oxygen atoms in total. The second-order valence-corrected chi connectivity index (χ2v) is 5.53. The lowest BCUT2D eigenvalue weighted by molar-refractivity contribution is 0.303. The normalized spacial score (nSPS) is 24.2. The monoisotopic (exact) mass is 249 g/mol. The maximum atomic E-state index is 5.38. The molecule has 0 radical (unpaired) electrons. The molecule has 1 heterocycles. The molecule has 1 atom stereocenters. The van der Waals surface area contributed by atoms with Gasteiger partial charge in [0.1, 0.15) is 5.66 Å². The number of anilines is 1. The van der Waals surface area contributed by atoms with Gasteiger partial charge in [-0.1, -0.05) is 32.0 Å². The Bertz CT molecular complexity index is 404. The van der Waals surface area contributed by atoms with Gasteiger partial charge in [-0.15, -0.1) is 0 Å². The minimum Gasteiger partial charge on any atom is -0.342 e. The topological polar surface area (TPSA) is 27.3 Å². The van der Waals surface area contributed by atoms with Crippen molar-refractivity contribution in [2.45, 2.75) is 32.9 Å². The number of rotatable bonds is 3. The van der Waals surface area contributed by atoms with E-state index >= 15 is 0 Å². The maximum absolute atomic E-state index is 5.38.